The van der Waals surface area contributed by atoms with Crippen molar-refractivity contribution in [1.29, 1.82) is 0 Å². The summed E-state index contributed by atoms with van der Waals surface area (Å²) in [6.07, 6.45) is -2.86. The van der Waals surface area contributed by atoms with Gasteiger partial charge in [-0.25, -0.2) is 4.99 Å². The quantitative estimate of drug-likeness (QED) is 0.794. The van der Waals surface area contributed by atoms with Gasteiger partial charge in [0.05, 0.1) is 23.3 Å². The van der Waals surface area contributed by atoms with E-state index in [0.717, 1.165) is 23.9 Å². The Morgan fingerprint density at radius 2 is 1.73 bits per heavy atom. The summed E-state index contributed by atoms with van der Waals surface area (Å²) in [5.74, 6) is 0.349. The number of ether oxygens (including phenoxy) is 1. The highest BCUT2D eigenvalue weighted by Crippen LogP contribution is 2.31. The van der Waals surface area contributed by atoms with Crippen LogP contribution in [0.25, 0.3) is 6.08 Å². The number of rotatable bonds is 3. The van der Waals surface area contributed by atoms with Crippen LogP contribution in [0.4, 0.5) is 18.9 Å². The zero-order valence-electron chi connectivity index (χ0n) is 13.5. The monoisotopic (exact) mass is 378 g/mol. The Morgan fingerprint density at radius 3 is 2.31 bits per heavy atom. The molecular weight excluding hydrogens is 365 g/mol. The second kappa shape index (κ2) is 7.25. The minimum absolute atomic E-state index is 0.345. The molecule has 2 aromatic carbocycles. The fourth-order valence-electron chi connectivity index (χ4n) is 2.17. The van der Waals surface area contributed by atoms with Crippen molar-refractivity contribution in [2.24, 2.45) is 4.99 Å². The van der Waals surface area contributed by atoms with Crippen molar-refractivity contribution in [3.63, 3.8) is 0 Å². The molecule has 134 valence electrons. The average Bonchev–Trinajstić information content (AvgIpc) is 2.94. The maximum atomic E-state index is 12.6. The van der Waals surface area contributed by atoms with Crippen LogP contribution < -0.4 is 10.1 Å². The predicted molar refractivity (Wildman–Crippen MR) is 95.2 cm³/mol. The van der Waals surface area contributed by atoms with Crippen LogP contribution in [0, 0.1) is 0 Å². The number of hydrogen-bond acceptors (Lipinski definition) is 4. The summed E-state index contributed by atoms with van der Waals surface area (Å²) in [6.45, 7) is 0. The molecule has 1 aliphatic heterocycles. The highest BCUT2D eigenvalue weighted by molar-refractivity contribution is 8.18. The van der Waals surface area contributed by atoms with Gasteiger partial charge in [-0.1, -0.05) is 12.1 Å². The number of carbonyl (C=O) groups excluding carboxylic acids is 1. The normalized spacial score (nSPS) is 17.6. The fourth-order valence-corrected chi connectivity index (χ4v) is 3.02. The molecule has 0 spiro atoms. The van der Waals surface area contributed by atoms with E-state index in [1.165, 1.54) is 18.2 Å². The van der Waals surface area contributed by atoms with Crippen molar-refractivity contribution in [3.05, 3.63) is 64.6 Å². The predicted octanol–water partition coefficient (Wildman–Crippen LogP) is 4.61. The van der Waals surface area contributed by atoms with E-state index >= 15 is 0 Å². The first kappa shape index (κ1) is 18.1. The van der Waals surface area contributed by atoms with Gasteiger partial charge in [-0.05, 0) is 59.8 Å². The molecular formula is C18H13F3N2O2S. The Labute approximate surface area is 151 Å². The van der Waals surface area contributed by atoms with Crippen LogP contribution in [0.3, 0.4) is 0 Å². The summed E-state index contributed by atoms with van der Waals surface area (Å²) in [4.78, 5) is 16.7. The minimum Gasteiger partial charge on any atom is -0.497 e. The lowest BCUT2D eigenvalue weighted by Crippen LogP contribution is -2.19. The van der Waals surface area contributed by atoms with E-state index in [2.05, 4.69) is 10.3 Å². The van der Waals surface area contributed by atoms with E-state index in [4.69, 9.17) is 4.74 Å². The Hall–Kier alpha value is -2.74. The van der Waals surface area contributed by atoms with Gasteiger partial charge in [0.25, 0.3) is 5.91 Å². The van der Waals surface area contributed by atoms with Crippen molar-refractivity contribution in [3.8, 4) is 5.75 Å². The second-order valence-electron chi connectivity index (χ2n) is 5.30. The van der Waals surface area contributed by atoms with Crippen molar-refractivity contribution < 1.29 is 22.7 Å². The molecule has 26 heavy (non-hydrogen) atoms. The third-order valence-corrected chi connectivity index (χ3v) is 4.40. The van der Waals surface area contributed by atoms with Gasteiger partial charge in [0.2, 0.25) is 0 Å². The van der Waals surface area contributed by atoms with Crippen molar-refractivity contribution in [1.82, 2.24) is 5.32 Å². The number of aliphatic imine (C=N–C) groups is 1. The molecule has 1 N–H and O–H groups in total. The zero-order chi connectivity index (χ0) is 18.7. The molecule has 0 unspecified atom stereocenters. The van der Waals surface area contributed by atoms with Crippen LogP contribution in [0.2, 0.25) is 0 Å². The van der Waals surface area contributed by atoms with E-state index in [-0.39, 0.29) is 5.91 Å². The zero-order valence-corrected chi connectivity index (χ0v) is 14.3. The lowest BCUT2D eigenvalue weighted by atomic mass is 10.1. The maximum absolute atomic E-state index is 12.6. The number of alkyl halides is 3. The summed E-state index contributed by atoms with van der Waals surface area (Å²) in [5, 5.41) is 3.03. The lowest BCUT2D eigenvalue weighted by Gasteiger charge is -2.06. The van der Waals surface area contributed by atoms with E-state index < -0.39 is 11.7 Å². The van der Waals surface area contributed by atoms with Gasteiger partial charge in [0.1, 0.15) is 5.75 Å². The number of carbonyl (C=O) groups is 1. The standard InChI is InChI=1S/C18H13F3N2O2S/c1-25-14-8-6-13(7-9-14)22-17-23-16(24)15(26-17)10-11-2-4-12(5-3-11)18(19,20)21/h2-10H,1H3,(H,22,23,24). The molecule has 0 aromatic heterocycles. The molecule has 1 fully saturated rings. The second-order valence-corrected chi connectivity index (χ2v) is 6.33. The van der Waals surface area contributed by atoms with Crippen molar-refractivity contribution in [2.45, 2.75) is 6.18 Å². The number of amides is 1. The number of hydrogen-bond donors (Lipinski definition) is 1. The van der Waals surface area contributed by atoms with E-state index in [1.807, 2.05) is 0 Å². The van der Waals surface area contributed by atoms with Gasteiger partial charge in [-0.15, -0.1) is 0 Å². The summed E-state index contributed by atoms with van der Waals surface area (Å²) in [6, 6.07) is 11.6. The fraction of sp³-hybridized carbons (Fsp3) is 0.111. The third kappa shape index (κ3) is 4.26. The molecule has 1 amide bonds. The van der Waals surface area contributed by atoms with Crippen LogP contribution >= 0.6 is 11.8 Å². The van der Waals surface area contributed by atoms with E-state index in [9.17, 15) is 18.0 Å². The number of methoxy groups -OCH3 is 1. The summed E-state index contributed by atoms with van der Waals surface area (Å²) in [5.41, 5.74) is 0.413. The van der Waals surface area contributed by atoms with Crippen LogP contribution in [-0.4, -0.2) is 18.2 Å². The van der Waals surface area contributed by atoms with Gasteiger partial charge < -0.3 is 10.1 Å². The van der Waals surface area contributed by atoms with E-state index in [0.29, 0.717) is 27.1 Å². The van der Waals surface area contributed by atoms with Gasteiger partial charge in [0.15, 0.2) is 5.17 Å². The SMILES string of the molecule is COc1ccc(N=C2NC(=O)C(=Cc3ccc(C(F)(F)F)cc3)S2)cc1. The molecule has 1 heterocycles. The number of amidine groups is 1. The number of nitrogens with zero attached hydrogens (tertiary/aromatic N) is 1. The first-order valence-electron chi connectivity index (χ1n) is 7.46. The number of benzene rings is 2. The average molecular weight is 378 g/mol. The molecule has 8 heteroatoms. The molecule has 2 aromatic rings. The van der Waals surface area contributed by atoms with Gasteiger partial charge in [-0.3, -0.25) is 4.79 Å². The highest BCUT2D eigenvalue weighted by Gasteiger charge is 2.30. The molecule has 4 nitrogen and oxygen atoms in total. The summed E-state index contributed by atoms with van der Waals surface area (Å²) in [7, 11) is 1.56. The largest absolute Gasteiger partial charge is 0.497 e. The van der Waals surface area contributed by atoms with Crippen LogP contribution in [0.1, 0.15) is 11.1 Å². The van der Waals surface area contributed by atoms with Crippen molar-refractivity contribution >= 4 is 34.6 Å². The number of thioether (sulfide) groups is 1. The summed E-state index contributed by atoms with van der Waals surface area (Å²) >= 11 is 1.13. The molecule has 0 aliphatic carbocycles. The molecule has 1 saturated heterocycles. The third-order valence-electron chi connectivity index (χ3n) is 3.49. The maximum Gasteiger partial charge on any atom is 0.416 e. The van der Waals surface area contributed by atoms with Crippen LogP contribution in [-0.2, 0) is 11.0 Å². The molecule has 1 aliphatic rings. The van der Waals surface area contributed by atoms with Crippen molar-refractivity contribution in [2.75, 3.05) is 7.11 Å². The number of nitrogens with one attached hydrogen (secondary N) is 1. The van der Waals surface area contributed by atoms with Crippen LogP contribution in [0.5, 0.6) is 5.75 Å². The number of halogens is 3. The molecule has 0 atom stereocenters. The summed E-state index contributed by atoms with van der Waals surface area (Å²) < 4.78 is 42.8. The van der Waals surface area contributed by atoms with Gasteiger partial charge in [-0.2, -0.15) is 13.2 Å². The highest BCUT2D eigenvalue weighted by atomic mass is 32.2. The molecule has 0 saturated carbocycles. The van der Waals surface area contributed by atoms with E-state index in [1.54, 1.807) is 31.4 Å². The molecule has 3 rings (SSSR count). The smallest absolute Gasteiger partial charge is 0.416 e. The first-order valence-corrected chi connectivity index (χ1v) is 8.28. The van der Waals surface area contributed by atoms with Crippen LogP contribution in [0.15, 0.2) is 58.4 Å². The van der Waals surface area contributed by atoms with Gasteiger partial charge >= 0.3 is 6.18 Å². The lowest BCUT2D eigenvalue weighted by molar-refractivity contribution is -0.137. The Balaban J connectivity index is 1.76. The Kier molecular flexibility index (Phi) is 5.03. The van der Waals surface area contributed by atoms with Gasteiger partial charge in [0, 0.05) is 0 Å². The Morgan fingerprint density at radius 1 is 1.08 bits per heavy atom. The molecule has 0 bridgehead atoms. The minimum atomic E-state index is -4.39. The Bertz CT molecular complexity index is 873. The first-order chi connectivity index (χ1) is 12.3. The molecule has 0 radical (unpaired) electrons. The topological polar surface area (TPSA) is 50.7 Å².